The molecule has 1 aliphatic rings. The molecule has 0 fully saturated rings. The number of aryl methyl sites for hydroxylation is 1. The molecule has 0 spiro atoms. The number of carbonyl (C=O) groups is 3. The van der Waals surface area contributed by atoms with Crippen molar-refractivity contribution in [3.05, 3.63) is 35.4 Å². The molecule has 1 aromatic rings. The van der Waals surface area contributed by atoms with Gasteiger partial charge in [0, 0.05) is 18.6 Å². The van der Waals surface area contributed by atoms with Gasteiger partial charge in [0.2, 0.25) is 5.91 Å². The maximum absolute atomic E-state index is 12.7. The minimum atomic E-state index is -1.05. The van der Waals surface area contributed by atoms with Crippen LogP contribution in [0.5, 0.6) is 0 Å². The summed E-state index contributed by atoms with van der Waals surface area (Å²) in [4.78, 5) is 34.8. The van der Waals surface area contributed by atoms with Crippen LogP contribution in [0.15, 0.2) is 24.3 Å². The number of carboxylic acid groups (broad SMARTS) is 1. The Morgan fingerprint density at radius 3 is 2.71 bits per heavy atom. The number of aliphatic carboxylic acids is 1. The SMILES string of the molecule is CC(=O)SCCC(C(=O)N[C@@H](C)C(=O)O)C1CCc2ccccc21. The van der Waals surface area contributed by atoms with Crippen molar-refractivity contribution in [2.24, 2.45) is 5.92 Å². The fourth-order valence-corrected chi connectivity index (χ4v) is 3.89. The van der Waals surface area contributed by atoms with Crippen molar-refractivity contribution >= 4 is 28.8 Å². The van der Waals surface area contributed by atoms with Crippen LogP contribution < -0.4 is 5.32 Å². The largest absolute Gasteiger partial charge is 0.480 e. The molecule has 0 saturated carbocycles. The van der Waals surface area contributed by atoms with Crippen molar-refractivity contribution < 1.29 is 19.5 Å². The van der Waals surface area contributed by atoms with Gasteiger partial charge < -0.3 is 10.4 Å². The van der Waals surface area contributed by atoms with Crippen molar-refractivity contribution in [1.82, 2.24) is 5.32 Å². The number of hydrogen-bond donors (Lipinski definition) is 2. The van der Waals surface area contributed by atoms with Gasteiger partial charge in [0.05, 0.1) is 0 Å². The Morgan fingerprint density at radius 2 is 2.04 bits per heavy atom. The van der Waals surface area contributed by atoms with Gasteiger partial charge in [-0.3, -0.25) is 14.4 Å². The minimum absolute atomic E-state index is 0.0277. The highest BCUT2D eigenvalue weighted by Crippen LogP contribution is 2.40. The summed E-state index contributed by atoms with van der Waals surface area (Å²) in [7, 11) is 0. The van der Waals surface area contributed by atoms with Crippen LogP contribution in [0.3, 0.4) is 0 Å². The lowest BCUT2D eigenvalue weighted by Crippen LogP contribution is -2.43. The first-order chi connectivity index (χ1) is 11.4. The zero-order chi connectivity index (χ0) is 17.7. The van der Waals surface area contributed by atoms with Gasteiger partial charge in [-0.25, -0.2) is 0 Å². The number of amides is 1. The fraction of sp³-hybridized carbons (Fsp3) is 0.500. The van der Waals surface area contributed by atoms with E-state index in [9.17, 15) is 14.4 Å². The predicted octanol–water partition coefficient (Wildman–Crippen LogP) is 2.59. The van der Waals surface area contributed by atoms with Crippen LogP contribution in [0.2, 0.25) is 0 Å². The van der Waals surface area contributed by atoms with Crippen LogP contribution in [-0.2, 0) is 20.8 Å². The number of carboxylic acids is 1. The van der Waals surface area contributed by atoms with E-state index in [0.29, 0.717) is 12.2 Å². The number of fused-ring (bicyclic) bond motifs is 1. The van der Waals surface area contributed by atoms with Gasteiger partial charge in [-0.1, -0.05) is 36.0 Å². The smallest absolute Gasteiger partial charge is 0.325 e. The molecular weight excluding hydrogens is 326 g/mol. The lowest BCUT2D eigenvalue weighted by atomic mass is 9.84. The van der Waals surface area contributed by atoms with Crippen LogP contribution in [0.4, 0.5) is 0 Å². The van der Waals surface area contributed by atoms with Crippen molar-refractivity contribution in [2.75, 3.05) is 5.75 Å². The van der Waals surface area contributed by atoms with E-state index in [1.165, 1.54) is 36.7 Å². The summed E-state index contributed by atoms with van der Waals surface area (Å²) in [6.45, 7) is 2.97. The number of hydrogen-bond acceptors (Lipinski definition) is 4. The molecule has 24 heavy (non-hydrogen) atoms. The van der Waals surface area contributed by atoms with Crippen molar-refractivity contribution in [3.8, 4) is 0 Å². The Labute approximate surface area is 146 Å². The highest BCUT2D eigenvalue weighted by atomic mass is 32.2. The summed E-state index contributed by atoms with van der Waals surface area (Å²) in [5, 5.41) is 11.6. The summed E-state index contributed by atoms with van der Waals surface area (Å²) in [6, 6.07) is 7.17. The molecule has 2 rings (SSSR count). The predicted molar refractivity (Wildman–Crippen MR) is 94.0 cm³/mol. The van der Waals surface area contributed by atoms with Gasteiger partial charge in [0.15, 0.2) is 5.12 Å². The summed E-state index contributed by atoms with van der Waals surface area (Å²) < 4.78 is 0. The zero-order valence-corrected chi connectivity index (χ0v) is 14.8. The summed E-state index contributed by atoms with van der Waals surface area (Å²) in [6.07, 6.45) is 2.37. The van der Waals surface area contributed by atoms with E-state index < -0.39 is 12.0 Å². The average molecular weight is 349 g/mol. The monoisotopic (exact) mass is 349 g/mol. The lowest BCUT2D eigenvalue weighted by molar-refractivity contribution is -0.142. The lowest BCUT2D eigenvalue weighted by Gasteiger charge is -2.24. The van der Waals surface area contributed by atoms with Gasteiger partial charge in [0.25, 0.3) is 0 Å². The molecule has 0 aliphatic heterocycles. The Hall–Kier alpha value is -1.82. The normalized spacial score (nSPS) is 18.5. The van der Waals surface area contributed by atoms with E-state index >= 15 is 0 Å². The van der Waals surface area contributed by atoms with E-state index in [-0.39, 0.29) is 22.9 Å². The van der Waals surface area contributed by atoms with Gasteiger partial charge in [0.1, 0.15) is 6.04 Å². The third kappa shape index (κ3) is 4.60. The number of carbonyl (C=O) groups excluding carboxylic acids is 2. The molecule has 0 bridgehead atoms. The Bertz CT molecular complexity index is 631. The molecule has 0 radical (unpaired) electrons. The van der Waals surface area contributed by atoms with Gasteiger partial charge >= 0.3 is 5.97 Å². The first-order valence-corrected chi connectivity index (χ1v) is 9.13. The van der Waals surface area contributed by atoms with E-state index in [4.69, 9.17) is 5.11 Å². The topological polar surface area (TPSA) is 83.5 Å². The molecule has 1 aliphatic carbocycles. The molecule has 6 heteroatoms. The first-order valence-electron chi connectivity index (χ1n) is 8.14. The summed E-state index contributed by atoms with van der Waals surface area (Å²) >= 11 is 1.21. The Morgan fingerprint density at radius 1 is 1.33 bits per heavy atom. The van der Waals surface area contributed by atoms with Gasteiger partial charge in [-0.2, -0.15) is 0 Å². The Kier molecular flexibility index (Phi) is 6.43. The van der Waals surface area contributed by atoms with E-state index in [1.54, 1.807) is 0 Å². The minimum Gasteiger partial charge on any atom is -0.480 e. The molecule has 2 N–H and O–H groups in total. The molecule has 5 nitrogen and oxygen atoms in total. The van der Waals surface area contributed by atoms with Crippen molar-refractivity contribution in [3.63, 3.8) is 0 Å². The number of rotatable bonds is 7. The zero-order valence-electron chi connectivity index (χ0n) is 14.0. The molecule has 0 saturated heterocycles. The molecule has 3 atom stereocenters. The van der Waals surface area contributed by atoms with E-state index in [1.807, 2.05) is 18.2 Å². The Balaban J connectivity index is 2.15. The van der Waals surface area contributed by atoms with Crippen LogP contribution in [0.1, 0.15) is 43.7 Å². The van der Waals surface area contributed by atoms with Crippen LogP contribution >= 0.6 is 11.8 Å². The van der Waals surface area contributed by atoms with Crippen LogP contribution in [-0.4, -0.2) is 33.9 Å². The second-order valence-corrected chi connectivity index (χ2v) is 7.42. The molecule has 1 aromatic carbocycles. The highest BCUT2D eigenvalue weighted by molar-refractivity contribution is 8.13. The molecule has 130 valence electrons. The van der Waals surface area contributed by atoms with E-state index in [2.05, 4.69) is 11.4 Å². The van der Waals surface area contributed by atoms with Gasteiger partial charge in [-0.05, 0) is 43.2 Å². The van der Waals surface area contributed by atoms with Crippen molar-refractivity contribution in [2.45, 2.75) is 45.1 Å². The molecule has 0 heterocycles. The summed E-state index contributed by atoms with van der Waals surface area (Å²) in [5.41, 5.74) is 2.43. The number of benzene rings is 1. The summed E-state index contributed by atoms with van der Waals surface area (Å²) in [5.74, 6) is -0.965. The quantitative estimate of drug-likeness (QED) is 0.790. The molecular formula is C18H23NO4S. The van der Waals surface area contributed by atoms with E-state index in [0.717, 1.165) is 12.8 Å². The molecule has 1 amide bonds. The van der Waals surface area contributed by atoms with Crippen molar-refractivity contribution in [1.29, 1.82) is 0 Å². The first kappa shape index (κ1) is 18.5. The third-order valence-corrected chi connectivity index (χ3v) is 5.31. The van der Waals surface area contributed by atoms with Crippen LogP contribution in [0, 0.1) is 5.92 Å². The average Bonchev–Trinajstić information content (AvgIpc) is 2.94. The number of thioether (sulfide) groups is 1. The fourth-order valence-electron chi connectivity index (χ4n) is 3.23. The number of nitrogens with one attached hydrogen (secondary N) is 1. The maximum atomic E-state index is 12.7. The maximum Gasteiger partial charge on any atom is 0.325 e. The van der Waals surface area contributed by atoms with Crippen LogP contribution in [0.25, 0.3) is 0 Å². The second kappa shape index (κ2) is 8.33. The van der Waals surface area contributed by atoms with Gasteiger partial charge in [-0.15, -0.1) is 0 Å². The third-order valence-electron chi connectivity index (χ3n) is 4.47. The second-order valence-electron chi connectivity index (χ2n) is 6.15. The highest BCUT2D eigenvalue weighted by Gasteiger charge is 2.34. The standard InChI is InChI=1S/C18H23NO4S/c1-11(18(22)23)19-17(21)16(9-10-24-12(2)20)15-8-7-13-5-3-4-6-14(13)15/h3-6,11,15-16H,7-10H2,1-2H3,(H,19,21)(H,22,23)/t11-,15?,16?/m0/s1. The molecule has 2 unspecified atom stereocenters. The molecule has 0 aromatic heterocycles.